The predicted molar refractivity (Wildman–Crippen MR) is 137 cm³/mol. The molecule has 4 aromatic rings. The van der Waals surface area contributed by atoms with Gasteiger partial charge in [0, 0.05) is 22.6 Å². The van der Waals surface area contributed by atoms with E-state index in [0.29, 0.717) is 28.6 Å². The van der Waals surface area contributed by atoms with Gasteiger partial charge in [0.25, 0.3) is 0 Å². The van der Waals surface area contributed by atoms with Gasteiger partial charge in [0.15, 0.2) is 5.78 Å². The summed E-state index contributed by atoms with van der Waals surface area (Å²) in [5.41, 5.74) is 1.19. The molecule has 0 saturated carbocycles. The maximum atomic E-state index is 14.6. The molecule has 2 fully saturated rings. The number of nitrogens with one attached hydrogen (secondary N) is 3. The number of aromatic nitrogens is 1. The number of ketones is 1. The molecule has 2 saturated heterocycles. The first-order valence-electron chi connectivity index (χ1n) is 12.5. The van der Waals surface area contributed by atoms with E-state index in [2.05, 4.69) is 39.9 Å². The number of H-pyrrole nitrogens is 1. The highest BCUT2D eigenvalue weighted by molar-refractivity contribution is 6.35. The fourth-order valence-corrected chi connectivity index (χ4v) is 5.60. The molecule has 0 spiro atoms. The Labute approximate surface area is 205 Å². The van der Waals surface area contributed by atoms with E-state index < -0.39 is 5.54 Å². The number of hydrogen-bond acceptors (Lipinski definition) is 4. The molecule has 6 heteroatoms. The van der Waals surface area contributed by atoms with Crippen LogP contribution in [-0.4, -0.2) is 43.1 Å². The molecule has 3 N–H and O–H groups in total. The van der Waals surface area contributed by atoms with Crippen LogP contribution in [0.5, 0.6) is 0 Å². The Balaban J connectivity index is 1.49. The van der Waals surface area contributed by atoms with Crippen molar-refractivity contribution in [3.8, 4) is 0 Å². The van der Waals surface area contributed by atoms with Crippen LogP contribution >= 0.6 is 11.6 Å². The van der Waals surface area contributed by atoms with Gasteiger partial charge in [-0.25, -0.2) is 0 Å². The average Bonchev–Trinajstić information content (AvgIpc) is 3.71. The Morgan fingerprint density at radius 1 is 1.12 bits per heavy atom. The normalized spacial score (nSPS) is 20.9. The van der Waals surface area contributed by atoms with Crippen LogP contribution < -0.4 is 10.6 Å². The lowest BCUT2D eigenvalue weighted by Crippen LogP contribution is -2.55. The molecule has 2 unspecified atom stereocenters. The summed E-state index contributed by atoms with van der Waals surface area (Å²) < 4.78 is 13.9. The highest BCUT2D eigenvalue weighted by Crippen LogP contribution is 2.41. The van der Waals surface area contributed by atoms with Gasteiger partial charge < -0.3 is 15.0 Å². The minimum Gasteiger partial charge on any atom is -0.370 e. The Kier molecular flexibility index (Phi) is 5.36. The third-order valence-corrected chi connectivity index (χ3v) is 7.64. The number of halogens is 1. The van der Waals surface area contributed by atoms with Crippen LogP contribution in [-0.2, 0) is 10.3 Å². The Morgan fingerprint density at radius 3 is 2.74 bits per heavy atom. The van der Waals surface area contributed by atoms with E-state index in [4.69, 9.17) is 17.7 Å². The topological polar surface area (TPSA) is 69.5 Å². The molecule has 2 atom stereocenters. The summed E-state index contributed by atoms with van der Waals surface area (Å²) in [7, 11) is 0. The number of hydrogen-bond donors (Lipinski definition) is 3. The number of carbonyl (C=O) groups is 1. The summed E-state index contributed by atoms with van der Waals surface area (Å²) in [6, 6.07) is 19.8. The summed E-state index contributed by atoms with van der Waals surface area (Å²) >= 11 is 6.28. The molecule has 34 heavy (non-hydrogen) atoms. The van der Waals surface area contributed by atoms with Crippen molar-refractivity contribution in [2.75, 3.05) is 26.2 Å². The first-order chi connectivity index (χ1) is 17.1. The number of ether oxygens (including phenoxy) is 1. The zero-order valence-corrected chi connectivity index (χ0v) is 19.6. The molecule has 3 aromatic carbocycles. The van der Waals surface area contributed by atoms with Gasteiger partial charge in [-0.2, -0.15) is 0 Å². The summed E-state index contributed by atoms with van der Waals surface area (Å²) in [6.07, 6.45) is 2.06. The summed E-state index contributed by atoms with van der Waals surface area (Å²) in [5.74, 6) is 0.470. The lowest BCUT2D eigenvalue weighted by Gasteiger charge is -2.36. The predicted octanol–water partition coefficient (Wildman–Crippen LogP) is 5.04. The quantitative estimate of drug-likeness (QED) is 0.259. The van der Waals surface area contributed by atoms with Crippen molar-refractivity contribution in [1.29, 1.82) is 0 Å². The second-order valence-corrected chi connectivity index (χ2v) is 9.76. The van der Waals surface area contributed by atoms with Gasteiger partial charge in [0.1, 0.15) is 11.6 Å². The van der Waals surface area contributed by atoms with Gasteiger partial charge in [0.2, 0.25) is 0 Å². The number of fused-ring (bicyclic) bond motifs is 2. The molecule has 0 bridgehead atoms. The van der Waals surface area contributed by atoms with Gasteiger partial charge in [-0.3, -0.25) is 10.1 Å². The highest BCUT2D eigenvalue weighted by Gasteiger charge is 2.54. The number of rotatable bonds is 7. The molecular formula is C28H28ClN3O2. The Hall–Kier alpha value is -2.70. The number of Topliss-reactive ketones (excluding diaryl/α,β-unsaturated/α-hetero) is 1. The van der Waals surface area contributed by atoms with Gasteiger partial charge in [0.05, 0.1) is 13.0 Å². The molecule has 0 radical (unpaired) electrons. The minimum atomic E-state index is -1.01. The van der Waals surface area contributed by atoms with Crippen molar-refractivity contribution in [3.05, 3.63) is 83.0 Å². The molecule has 2 aliphatic rings. The van der Waals surface area contributed by atoms with Crippen molar-refractivity contribution in [2.24, 2.45) is 5.92 Å². The number of piperidine rings is 1. The zero-order chi connectivity index (χ0) is 24.0. The minimum absolute atomic E-state index is 0.0237. The van der Waals surface area contributed by atoms with Crippen molar-refractivity contribution >= 4 is 39.1 Å². The monoisotopic (exact) mass is 474 g/mol. The van der Waals surface area contributed by atoms with Gasteiger partial charge >= 0.3 is 0 Å². The van der Waals surface area contributed by atoms with Crippen molar-refractivity contribution in [2.45, 2.75) is 24.5 Å². The van der Waals surface area contributed by atoms with Crippen molar-refractivity contribution < 1.29 is 10.9 Å². The fraction of sp³-hybridized carbons (Fsp3) is 0.321. The summed E-state index contributed by atoms with van der Waals surface area (Å²) in [5, 5.41) is 10.4. The van der Waals surface area contributed by atoms with Crippen LogP contribution in [0.25, 0.3) is 21.7 Å². The molecule has 174 valence electrons. The first-order valence-corrected chi connectivity index (χ1v) is 12.3. The molecule has 3 heterocycles. The van der Waals surface area contributed by atoms with E-state index in [1.54, 1.807) is 0 Å². The van der Waals surface area contributed by atoms with Gasteiger partial charge in [-0.15, -0.1) is 0 Å². The average molecular weight is 475 g/mol. The van der Waals surface area contributed by atoms with E-state index >= 15 is 0 Å². The Bertz CT molecular complexity index is 1400. The van der Waals surface area contributed by atoms with Crippen LogP contribution in [0, 0.1) is 5.92 Å². The van der Waals surface area contributed by atoms with Gasteiger partial charge in [-0.05, 0) is 60.8 Å². The van der Waals surface area contributed by atoms with E-state index in [1.165, 1.54) is 0 Å². The Morgan fingerprint density at radius 2 is 1.91 bits per heavy atom. The maximum Gasteiger partial charge on any atom is 0.190 e. The molecule has 2 aliphatic heterocycles. The molecule has 0 aliphatic carbocycles. The van der Waals surface area contributed by atoms with Gasteiger partial charge in [-0.1, -0.05) is 66.2 Å². The third-order valence-electron chi connectivity index (χ3n) is 7.34. The zero-order valence-electron chi connectivity index (χ0n) is 19.9. The number of carbonyl (C=O) groups excluding carboxylic acids is 1. The second kappa shape index (κ2) is 8.82. The molecule has 6 rings (SSSR count). The largest absolute Gasteiger partial charge is 0.370 e. The smallest absolute Gasteiger partial charge is 0.190 e. The number of benzene rings is 3. The van der Waals surface area contributed by atoms with E-state index in [-0.39, 0.29) is 18.1 Å². The van der Waals surface area contributed by atoms with E-state index in [9.17, 15) is 4.79 Å². The lowest BCUT2D eigenvalue weighted by atomic mass is 9.77. The maximum absolute atomic E-state index is 14.6. The highest BCUT2D eigenvalue weighted by atomic mass is 35.5. The summed E-state index contributed by atoms with van der Waals surface area (Å²) in [4.78, 5) is 17.5. The van der Waals surface area contributed by atoms with Crippen LogP contribution in [0.3, 0.4) is 0 Å². The van der Waals surface area contributed by atoms with Crippen molar-refractivity contribution in [3.63, 3.8) is 0 Å². The van der Waals surface area contributed by atoms with Crippen molar-refractivity contribution in [1.82, 2.24) is 15.6 Å². The first kappa shape index (κ1) is 20.7. The van der Waals surface area contributed by atoms with Crippen LogP contribution in [0.15, 0.2) is 66.8 Å². The van der Waals surface area contributed by atoms with E-state index in [0.717, 1.165) is 54.2 Å². The standard InChI is InChI=1S/C28H28ClN3O2/c29-24-16-31-25-14-20(8-9-22(24)25)27(33)28(26-17-34-26,32-15-18-10-12-30-13-11-18)23-7-3-5-19-4-1-2-6-21(19)23/h1-9,14,16,18,26,30-32H,10-13,15,17H2/i16D. The lowest BCUT2D eigenvalue weighted by molar-refractivity contribution is 0.0795. The molecule has 1 aromatic heterocycles. The third kappa shape index (κ3) is 3.73. The fourth-order valence-electron chi connectivity index (χ4n) is 5.39. The number of aromatic amines is 1. The molecular weight excluding hydrogens is 446 g/mol. The van der Waals surface area contributed by atoms with E-state index in [1.807, 2.05) is 36.4 Å². The van der Waals surface area contributed by atoms with Crippen LogP contribution in [0.4, 0.5) is 0 Å². The number of epoxide rings is 1. The molecule has 0 amide bonds. The second-order valence-electron chi connectivity index (χ2n) is 9.38. The van der Waals surface area contributed by atoms with Crippen LogP contribution in [0.2, 0.25) is 5.02 Å². The SMILES string of the molecule is [2H]c1[nH]c2cc(C(=O)C(NCC3CCNCC3)(c3cccc4ccccc34)C3CO3)ccc2c1Cl. The van der Waals surface area contributed by atoms with Crippen LogP contribution in [0.1, 0.15) is 30.1 Å². The summed E-state index contributed by atoms with van der Waals surface area (Å²) in [6.45, 7) is 3.27. The molecule has 5 nitrogen and oxygen atoms in total.